The third-order valence-corrected chi connectivity index (χ3v) is 4.13. The second-order valence-corrected chi connectivity index (χ2v) is 6.25. The summed E-state index contributed by atoms with van der Waals surface area (Å²) < 4.78 is 0. The summed E-state index contributed by atoms with van der Waals surface area (Å²) >= 11 is 0. The highest BCUT2D eigenvalue weighted by Gasteiger charge is 2.30. The summed E-state index contributed by atoms with van der Waals surface area (Å²) in [5.74, 6) is -4.25. The van der Waals surface area contributed by atoms with E-state index in [1.54, 1.807) is 6.92 Å². The zero-order chi connectivity index (χ0) is 20.3. The molecule has 4 atom stereocenters. The fraction of sp³-hybridized carbons (Fsp3) is 0.750. The van der Waals surface area contributed by atoms with Gasteiger partial charge in [-0.05, 0) is 31.7 Å². The Kier molecular flexibility index (Phi) is 11.2. The SMILES string of the molecule is CC[C@H](C)[C@H](N)C(=O)N[C@@H](CC(=O)O)C(=O)N[C@@H](CCCCN)C(=O)O. The van der Waals surface area contributed by atoms with Crippen molar-refractivity contribution >= 4 is 23.8 Å². The van der Waals surface area contributed by atoms with Crippen LogP contribution >= 0.6 is 0 Å². The van der Waals surface area contributed by atoms with Gasteiger partial charge in [-0.1, -0.05) is 20.3 Å². The molecule has 10 heteroatoms. The summed E-state index contributed by atoms with van der Waals surface area (Å²) in [6, 6.07) is -3.50. The number of carbonyl (C=O) groups excluding carboxylic acids is 2. The lowest BCUT2D eigenvalue weighted by molar-refractivity contribution is -0.143. The summed E-state index contributed by atoms with van der Waals surface area (Å²) in [5, 5.41) is 22.7. The molecule has 0 aromatic carbocycles. The molecule has 0 spiro atoms. The number of carboxylic acid groups (broad SMARTS) is 2. The molecular formula is C16H30N4O6. The van der Waals surface area contributed by atoms with Crippen molar-refractivity contribution in [3.8, 4) is 0 Å². The molecule has 0 aliphatic heterocycles. The normalized spacial score (nSPS) is 15.4. The maximum atomic E-state index is 12.3. The topological polar surface area (TPSA) is 185 Å². The molecule has 0 aromatic heterocycles. The monoisotopic (exact) mass is 374 g/mol. The van der Waals surface area contributed by atoms with Crippen LogP contribution in [0.5, 0.6) is 0 Å². The molecule has 0 saturated carbocycles. The van der Waals surface area contributed by atoms with Gasteiger partial charge in [0, 0.05) is 0 Å². The lowest BCUT2D eigenvalue weighted by atomic mass is 9.99. The van der Waals surface area contributed by atoms with E-state index in [1.165, 1.54) is 0 Å². The fourth-order valence-corrected chi connectivity index (χ4v) is 2.19. The zero-order valence-electron chi connectivity index (χ0n) is 15.2. The molecule has 0 radical (unpaired) electrons. The average molecular weight is 374 g/mol. The largest absolute Gasteiger partial charge is 0.481 e. The van der Waals surface area contributed by atoms with Gasteiger partial charge in [-0.2, -0.15) is 0 Å². The molecule has 26 heavy (non-hydrogen) atoms. The van der Waals surface area contributed by atoms with Crippen molar-refractivity contribution in [3.63, 3.8) is 0 Å². The van der Waals surface area contributed by atoms with Gasteiger partial charge >= 0.3 is 11.9 Å². The van der Waals surface area contributed by atoms with Gasteiger partial charge in [-0.25, -0.2) is 4.79 Å². The summed E-state index contributed by atoms with van der Waals surface area (Å²) in [4.78, 5) is 46.7. The number of carbonyl (C=O) groups is 4. The van der Waals surface area contributed by atoms with Crippen LogP contribution in [0.3, 0.4) is 0 Å². The van der Waals surface area contributed by atoms with E-state index in [0.717, 1.165) is 0 Å². The van der Waals surface area contributed by atoms with E-state index in [9.17, 15) is 24.3 Å². The van der Waals surface area contributed by atoms with Gasteiger partial charge in [0.15, 0.2) is 0 Å². The first-order chi connectivity index (χ1) is 12.1. The van der Waals surface area contributed by atoms with Crippen molar-refractivity contribution < 1.29 is 29.4 Å². The van der Waals surface area contributed by atoms with Gasteiger partial charge in [-0.3, -0.25) is 14.4 Å². The minimum atomic E-state index is -1.41. The number of nitrogens with one attached hydrogen (secondary N) is 2. The summed E-state index contributed by atoms with van der Waals surface area (Å²) in [6.07, 6.45) is 1.19. The average Bonchev–Trinajstić information content (AvgIpc) is 2.58. The second-order valence-electron chi connectivity index (χ2n) is 6.25. The van der Waals surface area contributed by atoms with E-state index >= 15 is 0 Å². The molecule has 2 amide bonds. The maximum Gasteiger partial charge on any atom is 0.326 e. The quantitative estimate of drug-likeness (QED) is 0.222. The van der Waals surface area contributed by atoms with E-state index in [2.05, 4.69) is 10.6 Å². The number of hydrogen-bond donors (Lipinski definition) is 6. The van der Waals surface area contributed by atoms with Crippen LogP contribution < -0.4 is 22.1 Å². The Hall–Kier alpha value is -2.20. The van der Waals surface area contributed by atoms with Crippen LogP contribution in [0.1, 0.15) is 46.0 Å². The molecule has 0 aromatic rings. The van der Waals surface area contributed by atoms with E-state index in [0.29, 0.717) is 25.8 Å². The smallest absolute Gasteiger partial charge is 0.326 e. The molecule has 8 N–H and O–H groups in total. The Labute approximate surface area is 152 Å². The van der Waals surface area contributed by atoms with Gasteiger partial charge in [0.05, 0.1) is 12.5 Å². The molecule has 150 valence electrons. The Morgan fingerprint density at radius 3 is 2.04 bits per heavy atom. The van der Waals surface area contributed by atoms with Crippen LogP contribution in [0.4, 0.5) is 0 Å². The van der Waals surface area contributed by atoms with Gasteiger partial charge in [-0.15, -0.1) is 0 Å². The van der Waals surface area contributed by atoms with Gasteiger partial charge in [0.2, 0.25) is 11.8 Å². The zero-order valence-corrected chi connectivity index (χ0v) is 15.2. The van der Waals surface area contributed by atoms with Gasteiger partial charge < -0.3 is 32.3 Å². The number of carboxylic acids is 2. The van der Waals surface area contributed by atoms with E-state index in [1.807, 2.05) is 6.92 Å². The molecule has 0 aliphatic rings. The second kappa shape index (κ2) is 12.2. The van der Waals surface area contributed by atoms with E-state index < -0.39 is 48.3 Å². The Balaban J connectivity index is 5.03. The molecule has 0 heterocycles. The van der Waals surface area contributed by atoms with Gasteiger partial charge in [0.25, 0.3) is 0 Å². The highest BCUT2D eigenvalue weighted by Crippen LogP contribution is 2.07. The fourth-order valence-electron chi connectivity index (χ4n) is 2.19. The Bertz CT molecular complexity index is 499. The Morgan fingerprint density at radius 2 is 1.58 bits per heavy atom. The van der Waals surface area contributed by atoms with Gasteiger partial charge in [0.1, 0.15) is 12.1 Å². The lowest BCUT2D eigenvalue weighted by Gasteiger charge is -2.23. The molecule has 0 unspecified atom stereocenters. The maximum absolute atomic E-state index is 12.3. The van der Waals surface area contributed by atoms with E-state index in [4.69, 9.17) is 16.6 Å². The molecule has 0 aliphatic carbocycles. The minimum Gasteiger partial charge on any atom is -0.481 e. The van der Waals surface area contributed by atoms with Crippen molar-refractivity contribution in [1.29, 1.82) is 0 Å². The van der Waals surface area contributed by atoms with Crippen LogP contribution in [-0.2, 0) is 19.2 Å². The lowest BCUT2D eigenvalue weighted by Crippen LogP contribution is -2.56. The number of nitrogens with two attached hydrogens (primary N) is 2. The number of amides is 2. The van der Waals surface area contributed by atoms with Crippen molar-refractivity contribution in [2.45, 2.75) is 64.1 Å². The molecule has 0 rings (SSSR count). The summed E-state index contributed by atoms with van der Waals surface area (Å²) in [7, 11) is 0. The van der Waals surface area contributed by atoms with Crippen LogP contribution in [0.2, 0.25) is 0 Å². The predicted molar refractivity (Wildman–Crippen MR) is 94.1 cm³/mol. The van der Waals surface area contributed by atoms with Crippen LogP contribution in [0.25, 0.3) is 0 Å². The molecule has 10 nitrogen and oxygen atoms in total. The third kappa shape index (κ3) is 8.77. The number of aliphatic carboxylic acids is 2. The molecule has 0 fully saturated rings. The highest BCUT2D eigenvalue weighted by atomic mass is 16.4. The molecular weight excluding hydrogens is 344 g/mol. The Morgan fingerprint density at radius 1 is 1.00 bits per heavy atom. The highest BCUT2D eigenvalue weighted by molar-refractivity contribution is 5.93. The van der Waals surface area contributed by atoms with Crippen molar-refractivity contribution in [1.82, 2.24) is 10.6 Å². The minimum absolute atomic E-state index is 0.151. The van der Waals surface area contributed by atoms with Crippen molar-refractivity contribution in [2.75, 3.05) is 6.54 Å². The predicted octanol–water partition coefficient (Wildman–Crippen LogP) is -0.982. The first kappa shape index (κ1) is 23.8. The first-order valence-corrected chi connectivity index (χ1v) is 8.64. The van der Waals surface area contributed by atoms with Crippen molar-refractivity contribution in [2.24, 2.45) is 17.4 Å². The first-order valence-electron chi connectivity index (χ1n) is 8.64. The standard InChI is InChI=1S/C16H30N4O6/c1-3-9(2)13(18)15(24)20-11(8-12(21)22)14(23)19-10(16(25)26)6-4-5-7-17/h9-11,13H,3-8,17-18H2,1-2H3,(H,19,23)(H,20,24)(H,21,22)(H,25,26)/t9-,10-,11-,13-/m0/s1. The molecule has 0 bridgehead atoms. The van der Waals surface area contributed by atoms with E-state index in [-0.39, 0.29) is 12.3 Å². The van der Waals surface area contributed by atoms with Crippen molar-refractivity contribution in [3.05, 3.63) is 0 Å². The summed E-state index contributed by atoms with van der Waals surface area (Å²) in [5.41, 5.74) is 11.1. The number of unbranched alkanes of at least 4 members (excludes halogenated alkanes) is 1. The van der Waals surface area contributed by atoms with Crippen LogP contribution in [0.15, 0.2) is 0 Å². The van der Waals surface area contributed by atoms with Crippen LogP contribution in [0, 0.1) is 5.92 Å². The number of hydrogen-bond acceptors (Lipinski definition) is 6. The summed E-state index contributed by atoms with van der Waals surface area (Å²) in [6.45, 7) is 4.00. The van der Waals surface area contributed by atoms with Crippen LogP contribution in [-0.4, -0.2) is 58.6 Å². The molecule has 0 saturated heterocycles. The number of rotatable bonds is 13. The third-order valence-electron chi connectivity index (χ3n) is 4.13.